The Bertz CT molecular complexity index is 789. The van der Waals surface area contributed by atoms with Crippen LogP contribution in [0.25, 0.3) is 11.0 Å². The average molecular weight is 329 g/mol. The van der Waals surface area contributed by atoms with Crippen molar-refractivity contribution in [3.63, 3.8) is 0 Å². The van der Waals surface area contributed by atoms with Gasteiger partial charge < -0.3 is 14.5 Å². The van der Waals surface area contributed by atoms with Crippen LogP contribution in [-0.2, 0) is 9.53 Å². The van der Waals surface area contributed by atoms with Crippen LogP contribution in [0.15, 0.2) is 52.3 Å². The molecule has 0 aliphatic carbocycles. The summed E-state index contributed by atoms with van der Waals surface area (Å²) >= 11 is 1.56. The van der Waals surface area contributed by atoms with E-state index in [9.17, 15) is 9.59 Å². The second-order valence-corrected chi connectivity index (χ2v) is 6.01. The van der Waals surface area contributed by atoms with Gasteiger partial charge in [-0.1, -0.05) is 24.3 Å². The first-order valence-corrected chi connectivity index (χ1v) is 8.00. The van der Waals surface area contributed by atoms with Crippen molar-refractivity contribution >= 4 is 34.2 Å². The van der Waals surface area contributed by atoms with Gasteiger partial charge in [-0.05, 0) is 30.5 Å². The second kappa shape index (κ2) is 6.66. The number of carbonyl (C=O) groups is 2. The molecule has 3 rings (SSSR count). The molecule has 0 aliphatic rings. The Morgan fingerprint density at radius 2 is 2.09 bits per heavy atom. The van der Waals surface area contributed by atoms with Gasteiger partial charge in [0.1, 0.15) is 5.58 Å². The molecule has 0 unspecified atom stereocenters. The zero-order valence-electron chi connectivity index (χ0n) is 12.4. The van der Waals surface area contributed by atoms with E-state index in [0.29, 0.717) is 5.58 Å². The van der Waals surface area contributed by atoms with E-state index in [2.05, 4.69) is 5.32 Å². The van der Waals surface area contributed by atoms with Gasteiger partial charge in [0.2, 0.25) is 5.76 Å². The molecule has 0 bridgehead atoms. The molecule has 2 heterocycles. The van der Waals surface area contributed by atoms with E-state index < -0.39 is 5.97 Å². The highest BCUT2D eigenvalue weighted by molar-refractivity contribution is 7.10. The molecule has 5 nitrogen and oxygen atoms in total. The SMILES string of the molecule is C[C@H](NC(=O)COC(=O)c1cc2ccccc2o1)c1cccs1. The molecule has 0 radical (unpaired) electrons. The lowest BCUT2D eigenvalue weighted by Crippen LogP contribution is -2.30. The Morgan fingerprint density at radius 1 is 1.26 bits per heavy atom. The summed E-state index contributed by atoms with van der Waals surface area (Å²) < 4.78 is 10.4. The van der Waals surface area contributed by atoms with Gasteiger partial charge in [0.25, 0.3) is 5.91 Å². The number of benzene rings is 1. The molecule has 0 saturated heterocycles. The summed E-state index contributed by atoms with van der Waals surface area (Å²) in [5, 5.41) is 5.54. The van der Waals surface area contributed by atoms with E-state index in [4.69, 9.17) is 9.15 Å². The van der Waals surface area contributed by atoms with Crippen LogP contribution in [0.3, 0.4) is 0 Å². The third kappa shape index (κ3) is 3.60. The summed E-state index contributed by atoms with van der Waals surface area (Å²) in [6.07, 6.45) is 0. The summed E-state index contributed by atoms with van der Waals surface area (Å²) in [6.45, 7) is 1.54. The van der Waals surface area contributed by atoms with Gasteiger partial charge in [0, 0.05) is 10.3 Å². The van der Waals surface area contributed by atoms with Crippen molar-refractivity contribution < 1.29 is 18.7 Å². The summed E-state index contributed by atoms with van der Waals surface area (Å²) in [4.78, 5) is 24.8. The topological polar surface area (TPSA) is 68.5 Å². The number of esters is 1. The molecular formula is C17H15NO4S. The van der Waals surface area contributed by atoms with Crippen LogP contribution in [0.5, 0.6) is 0 Å². The summed E-state index contributed by atoms with van der Waals surface area (Å²) in [6, 6.07) is 12.6. The fourth-order valence-electron chi connectivity index (χ4n) is 2.18. The number of rotatable bonds is 5. The van der Waals surface area contributed by atoms with E-state index in [0.717, 1.165) is 10.3 Å². The smallest absolute Gasteiger partial charge is 0.374 e. The Morgan fingerprint density at radius 3 is 2.83 bits per heavy atom. The molecule has 1 amide bonds. The van der Waals surface area contributed by atoms with E-state index in [1.165, 1.54) is 0 Å². The minimum atomic E-state index is -0.653. The van der Waals surface area contributed by atoms with E-state index >= 15 is 0 Å². The molecule has 6 heteroatoms. The number of ether oxygens (including phenoxy) is 1. The number of amides is 1. The molecule has 1 N–H and O–H groups in total. The lowest BCUT2D eigenvalue weighted by molar-refractivity contribution is -0.124. The maximum absolute atomic E-state index is 11.9. The first-order chi connectivity index (χ1) is 11.1. The quantitative estimate of drug-likeness (QED) is 0.727. The molecule has 0 fully saturated rings. The lowest BCUT2D eigenvalue weighted by Gasteiger charge is -2.11. The average Bonchev–Trinajstić information content (AvgIpc) is 3.21. The number of hydrogen-bond acceptors (Lipinski definition) is 5. The summed E-state index contributed by atoms with van der Waals surface area (Å²) in [5.74, 6) is -0.916. The molecule has 2 aromatic heterocycles. The molecule has 3 aromatic rings. The van der Waals surface area contributed by atoms with Crippen molar-refractivity contribution in [2.24, 2.45) is 0 Å². The highest BCUT2D eigenvalue weighted by Gasteiger charge is 2.16. The van der Waals surface area contributed by atoms with Crippen LogP contribution in [0.1, 0.15) is 28.4 Å². The standard InChI is InChI=1S/C17H15NO4S/c1-11(15-7-4-8-23-15)18-16(19)10-21-17(20)14-9-12-5-2-3-6-13(12)22-14/h2-9,11H,10H2,1H3,(H,18,19)/t11-/m0/s1. The maximum atomic E-state index is 11.9. The lowest BCUT2D eigenvalue weighted by atomic mass is 10.2. The van der Waals surface area contributed by atoms with Crippen molar-refractivity contribution in [1.82, 2.24) is 5.32 Å². The first kappa shape index (κ1) is 15.3. The molecule has 1 aromatic carbocycles. The number of fused-ring (bicyclic) bond motifs is 1. The zero-order chi connectivity index (χ0) is 16.2. The highest BCUT2D eigenvalue weighted by atomic mass is 32.1. The fourth-order valence-corrected chi connectivity index (χ4v) is 2.91. The van der Waals surface area contributed by atoms with E-state index in [1.807, 2.05) is 42.6 Å². The number of nitrogens with one attached hydrogen (secondary N) is 1. The van der Waals surface area contributed by atoms with Crippen LogP contribution >= 0.6 is 11.3 Å². The predicted octanol–water partition coefficient (Wildman–Crippen LogP) is 3.53. The largest absolute Gasteiger partial charge is 0.450 e. The third-order valence-electron chi connectivity index (χ3n) is 3.31. The molecule has 0 aliphatic heterocycles. The number of para-hydroxylation sites is 1. The van der Waals surface area contributed by atoms with Crippen molar-refractivity contribution in [3.05, 3.63) is 58.5 Å². The van der Waals surface area contributed by atoms with Crippen LogP contribution in [0, 0.1) is 0 Å². The minimum absolute atomic E-state index is 0.0882. The van der Waals surface area contributed by atoms with Gasteiger partial charge in [-0.25, -0.2) is 4.79 Å². The number of thiophene rings is 1. The molecule has 23 heavy (non-hydrogen) atoms. The molecule has 1 atom stereocenters. The van der Waals surface area contributed by atoms with Crippen LogP contribution in [0.2, 0.25) is 0 Å². The number of carbonyl (C=O) groups excluding carboxylic acids is 2. The van der Waals surface area contributed by atoms with E-state index in [-0.39, 0.29) is 24.3 Å². The van der Waals surface area contributed by atoms with Crippen molar-refractivity contribution in [2.75, 3.05) is 6.61 Å². The maximum Gasteiger partial charge on any atom is 0.374 e. The minimum Gasteiger partial charge on any atom is -0.450 e. The fraction of sp³-hybridized carbons (Fsp3) is 0.176. The van der Waals surface area contributed by atoms with Crippen LogP contribution in [0.4, 0.5) is 0 Å². The van der Waals surface area contributed by atoms with Gasteiger partial charge in [-0.2, -0.15) is 0 Å². The Kier molecular flexibility index (Phi) is 4.43. The number of hydrogen-bond donors (Lipinski definition) is 1. The van der Waals surface area contributed by atoms with Crippen LogP contribution < -0.4 is 5.32 Å². The van der Waals surface area contributed by atoms with Gasteiger partial charge in [-0.15, -0.1) is 11.3 Å². The molecule has 0 saturated carbocycles. The monoisotopic (exact) mass is 329 g/mol. The Labute approximate surface area is 136 Å². The molecule has 118 valence electrons. The van der Waals surface area contributed by atoms with Gasteiger partial charge in [0.05, 0.1) is 6.04 Å². The third-order valence-corrected chi connectivity index (χ3v) is 4.36. The predicted molar refractivity (Wildman–Crippen MR) is 87.4 cm³/mol. The normalized spacial score (nSPS) is 12.0. The Balaban J connectivity index is 1.55. The first-order valence-electron chi connectivity index (χ1n) is 7.12. The summed E-state index contributed by atoms with van der Waals surface area (Å²) in [7, 11) is 0. The zero-order valence-corrected chi connectivity index (χ0v) is 13.3. The van der Waals surface area contributed by atoms with Gasteiger partial charge in [0.15, 0.2) is 6.61 Å². The number of furan rings is 1. The van der Waals surface area contributed by atoms with Crippen molar-refractivity contribution in [3.8, 4) is 0 Å². The highest BCUT2D eigenvalue weighted by Crippen LogP contribution is 2.20. The van der Waals surface area contributed by atoms with Gasteiger partial charge in [-0.3, -0.25) is 4.79 Å². The second-order valence-electron chi connectivity index (χ2n) is 5.03. The van der Waals surface area contributed by atoms with Crippen molar-refractivity contribution in [1.29, 1.82) is 0 Å². The van der Waals surface area contributed by atoms with Crippen LogP contribution in [-0.4, -0.2) is 18.5 Å². The van der Waals surface area contributed by atoms with Crippen molar-refractivity contribution in [2.45, 2.75) is 13.0 Å². The molecular weight excluding hydrogens is 314 g/mol. The Hall–Kier alpha value is -2.60. The van der Waals surface area contributed by atoms with E-state index in [1.54, 1.807) is 23.5 Å². The molecule has 0 spiro atoms. The van der Waals surface area contributed by atoms with Gasteiger partial charge >= 0.3 is 5.97 Å². The summed E-state index contributed by atoms with van der Waals surface area (Å²) in [5.41, 5.74) is 0.607.